The van der Waals surface area contributed by atoms with Crippen LogP contribution in [0.3, 0.4) is 0 Å². The number of ether oxygens (including phenoxy) is 2. The van der Waals surface area contributed by atoms with Crippen LogP contribution in [0.5, 0.6) is 11.5 Å². The Balaban J connectivity index is 1.80. The van der Waals surface area contributed by atoms with E-state index in [0.717, 1.165) is 30.8 Å². The van der Waals surface area contributed by atoms with Gasteiger partial charge in [-0.05, 0) is 37.1 Å². The van der Waals surface area contributed by atoms with E-state index in [1.807, 2.05) is 24.3 Å². The van der Waals surface area contributed by atoms with Crippen molar-refractivity contribution in [2.75, 3.05) is 13.7 Å². The van der Waals surface area contributed by atoms with Gasteiger partial charge in [0.05, 0.1) is 25.2 Å². The zero-order valence-electron chi connectivity index (χ0n) is 10.1. The van der Waals surface area contributed by atoms with Crippen LogP contribution in [0.15, 0.2) is 24.3 Å². The zero-order valence-corrected chi connectivity index (χ0v) is 10.1. The summed E-state index contributed by atoms with van der Waals surface area (Å²) >= 11 is 0. The second-order valence-electron chi connectivity index (χ2n) is 4.52. The SMILES string of the molecule is COc1ccc(OCCC2(C#N)CCC2)cc1. The van der Waals surface area contributed by atoms with Gasteiger partial charge in [-0.2, -0.15) is 5.26 Å². The van der Waals surface area contributed by atoms with Gasteiger partial charge in [0.15, 0.2) is 0 Å². The van der Waals surface area contributed by atoms with Crippen molar-refractivity contribution in [2.24, 2.45) is 5.41 Å². The first-order valence-corrected chi connectivity index (χ1v) is 5.96. The topological polar surface area (TPSA) is 42.2 Å². The van der Waals surface area contributed by atoms with Gasteiger partial charge < -0.3 is 9.47 Å². The number of methoxy groups -OCH3 is 1. The highest BCUT2D eigenvalue weighted by Crippen LogP contribution is 2.43. The van der Waals surface area contributed by atoms with E-state index < -0.39 is 0 Å². The lowest BCUT2D eigenvalue weighted by atomic mass is 9.68. The van der Waals surface area contributed by atoms with Crippen molar-refractivity contribution in [1.82, 2.24) is 0 Å². The minimum atomic E-state index is -0.105. The maximum atomic E-state index is 9.08. The molecule has 0 spiro atoms. The molecule has 17 heavy (non-hydrogen) atoms. The van der Waals surface area contributed by atoms with Crippen molar-refractivity contribution in [3.05, 3.63) is 24.3 Å². The summed E-state index contributed by atoms with van der Waals surface area (Å²) in [7, 11) is 1.64. The standard InChI is InChI=1S/C14H17NO2/c1-16-12-3-5-13(6-4-12)17-10-9-14(11-15)7-2-8-14/h3-6H,2,7-10H2,1H3. The van der Waals surface area contributed by atoms with Crippen molar-refractivity contribution in [3.8, 4) is 17.6 Å². The number of nitrogens with zero attached hydrogens (tertiary/aromatic N) is 1. The predicted molar refractivity (Wildman–Crippen MR) is 65.0 cm³/mol. The van der Waals surface area contributed by atoms with Crippen molar-refractivity contribution in [3.63, 3.8) is 0 Å². The molecule has 1 aliphatic carbocycles. The average Bonchev–Trinajstić information content (AvgIpc) is 2.33. The normalized spacial score (nSPS) is 16.7. The molecule has 0 atom stereocenters. The molecule has 1 aliphatic rings. The van der Waals surface area contributed by atoms with E-state index in [-0.39, 0.29) is 5.41 Å². The highest BCUT2D eigenvalue weighted by Gasteiger charge is 2.36. The van der Waals surface area contributed by atoms with Crippen molar-refractivity contribution in [2.45, 2.75) is 25.7 Å². The highest BCUT2D eigenvalue weighted by molar-refractivity contribution is 5.31. The predicted octanol–water partition coefficient (Wildman–Crippen LogP) is 3.16. The van der Waals surface area contributed by atoms with Crippen LogP contribution in [0, 0.1) is 16.7 Å². The second-order valence-corrected chi connectivity index (χ2v) is 4.52. The first-order valence-electron chi connectivity index (χ1n) is 5.96. The smallest absolute Gasteiger partial charge is 0.119 e. The van der Waals surface area contributed by atoms with E-state index in [4.69, 9.17) is 14.7 Å². The van der Waals surface area contributed by atoms with Crippen molar-refractivity contribution < 1.29 is 9.47 Å². The van der Waals surface area contributed by atoms with Gasteiger partial charge in [0.1, 0.15) is 11.5 Å². The molecule has 0 amide bonds. The number of rotatable bonds is 5. The Bertz CT molecular complexity index is 401. The molecule has 0 bridgehead atoms. The van der Waals surface area contributed by atoms with Gasteiger partial charge in [-0.15, -0.1) is 0 Å². The Morgan fingerprint density at radius 2 is 1.88 bits per heavy atom. The Morgan fingerprint density at radius 1 is 1.24 bits per heavy atom. The fourth-order valence-electron chi connectivity index (χ4n) is 2.06. The third-order valence-electron chi connectivity index (χ3n) is 3.46. The molecule has 2 rings (SSSR count). The molecule has 0 N–H and O–H groups in total. The molecule has 0 aromatic heterocycles. The van der Waals surface area contributed by atoms with Crippen LogP contribution < -0.4 is 9.47 Å². The Kier molecular flexibility index (Phi) is 3.53. The van der Waals surface area contributed by atoms with Gasteiger partial charge in [-0.3, -0.25) is 0 Å². The molecule has 0 unspecified atom stereocenters. The highest BCUT2D eigenvalue weighted by atomic mass is 16.5. The maximum absolute atomic E-state index is 9.08. The molecular formula is C14H17NO2. The third-order valence-corrected chi connectivity index (χ3v) is 3.46. The molecule has 0 saturated heterocycles. The number of benzene rings is 1. The molecule has 0 radical (unpaired) electrons. The van der Waals surface area contributed by atoms with Gasteiger partial charge in [-0.25, -0.2) is 0 Å². The fraction of sp³-hybridized carbons (Fsp3) is 0.500. The Morgan fingerprint density at radius 3 is 2.35 bits per heavy atom. The molecule has 90 valence electrons. The summed E-state index contributed by atoms with van der Waals surface area (Å²) < 4.78 is 10.7. The largest absolute Gasteiger partial charge is 0.497 e. The number of hydrogen-bond acceptors (Lipinski definition) is 3. The van der Waals surface area contributed by atoms with E-state index in [1.54, 1.807) is 7.11 Å². The zero-order chi connectivity index (χ0) is 12.1. The van der Waals surface area contributed by atoms with Crippen LogP contribution >= 0.6 is 0 Å². The summed E-state index contributed by atoms with van der Waals surface area (Å²) in [6.45, 7) is 0.611. The monoisotopic (exact) mass is 231 g/mol. The maximum Gasteiger partial charge on any atom is 0.119 e. The van der Waals surface area contributed by atoms with Gasteiger partial charge in [0.2, 0.25) is 0 Å². The van der Waals surface area contributed by atoms with Gasteiger partial charge >= 0.3 is 0 Å². The molecule has 0 aliphatic heterocycles. The van der Waals surface area contributed by atoms with Crippen LogP contribution in [0.4, 0.5) is 0 Å². The summed E-state index contributed by atoms with van der Waals surface area (Å²) in [5, 5.41) is 9.08. The minimum Gasteiger partial charge on any atom is -0.497 e. The molecule has 3 nitrogen and oxygen atoms in total. The second kappa shape index (κ2) is 5.09. The van der Waals surface area contributed by atoms with Crippen LogP contribution in [0.25, 0.3) is 0 Å². The van der Waals surface area contributed by atoms with E-state index in [2.05, 4.69) is 6.07 Å². The van der Waals surface area contributed by atoms with Crippen molar-refractivity contribution >= 4 is 0 Å². The quantitative estimate of drug-likeness (QED) is 0.781. The third kappa shape index (κ3) is 2.71. The molecule has 1 aromatic carbocycles. The summed E-state index contributed by atoms with van der Waals surface area (Å²) in [6, 6.07) is 9.94. The Hall–Kier alpha value is -1.69. The molecule has 3 heteroatoms. The van der Waals surface area contributed by atoms with Crippen LogP contribution in [0.2, 0.25) is 0 Å². The lowest BCUT2D eigenvalue weighted by molar-refractivity contribution is 0.156. The van der Waals surface area contributed by atoms with Gasteiger partial charge in [-0.1, -0.05) is 6.42 Å². The van der Waals surface area contributed by atoms with Gasteiger partial charge in [0, 0.05) is 6.42 Å². The molecule has 0 heterocycles. The number of hydrogen-bond donors (Lipinski definition) is 0. The van der Waals surface area contributed by atoms with Crippen LogP contribution in [-0.4, -0.2) is 13.7 Å². The lowest BCUT2D eigenvalue weighted by Gasteiger charge is -2.34. The van der Waals surface area contributed by atoms with E-state index in [9.17, 15) is 0 Å². The first-order chi connectivity index (χ1) is 8.28. The van der Waals surface area contributed by atoms with Crippen LogP contribution in [0.1, 0.15) is 25.7 Å². The molecule has 1 fully saturated rings. The lowest BCUT2D eigenvalue weighted by Crippen LogP contribution is -2.29. The van der Waals surface area contributed by atoms with E-state index in [0.29, 0.717) is 6.61 Å². The fourth-order valence-corrected chi connectivity index (χ4v) is 2.06. The Labute approximate surface area is 102 Å². The average molecular weight is 231 g/mol. The summed E-state index contributed by atoms with van der Waals surface area (Å²) in [5.41, 5.74) is -0.105. The van der Waals surface area contributed by atoms with E-state index in [1.165, 1.54) is 6.42 Å². The van der Waals surface area contributed by atoms with E-state index >= 15 is 0 Å². The minimum absolute atomic E-state index is 0.105. The molecular weight excluding hydrogens is 214 g/mol. The van der Waals surface area contributed by atoms with Crippen LogP contribution in [-0.2, 0) is 0 Å². The number of nitriles is 1. The summed E-state index contributed by atoms with van der Waals surface area (Å²) in [4.78, 5) is 0. The first kappa shape index (κ1) is 11.8. The summed E-state index contributed by atoms with van der Waals surface area (Å²) in [6.07, 6.45) is 4.05. The summed E-state index contributed by atoms with van der Waals surface area (Å²) in [5.74, 6) is 1.66. The van der Waals surface area contributed by atoms with Gasteiger partial charge in [0.25, 0.3) is 0 Å². The van der Waals surface area contributed by atoms with Crippen molar-refractivity contribution in [1.29, 1.82) is 5.26 Å². The molecule has 1 aromatic rings. The molecule has 1 saturated carbocycles.